The van der Waals surface area contributed by atoms with E-state index in [0.29, 0.717) is 6.04 Å². The Morgan fingerprint density at radius 2 is 1.94 bits per heavy atom. The molecule has 1 N–H and O–H groups in total. The van der Waals surface area contributed by atoms with Crippen LogP contribution in [0.2, 0.25) is 0 Å². The molecule has 18 heavy (non-hydrogen) atoms. The third-order valence-corrected chi connectivity index (χ3v) is 5.11. The van der Waals surface area contributed by atoms with Crippen molar-refractivity contribution in [2.75, 3.05) is 12.3 Å². The first-order valence-corrected chi connectivity index (χ1v) is 8.35. The van der Waals surface area contributed by atoms with Crippen LogP contribution < -0.4 is 5.32 Å². The fourth-order valence-corrected chi connectivity index (χ4v) is 4.01. The van der Waals surface area contributed by atoms with Crippen molar-refractivity contribution in [3.05, 3.63) is 35.9 Å². The lowest BCUT2D eigenvalue weighted by atomic mass is 10.1. The molecule has 1 aliphatic carbocycles. The molecule has 0 radical (unpaired) electrons. The van der Waals surface area contributed by atoms with E-state index in [-0.39, 0.29) is 0 Å². The molecule has 1 aliphatic rings. The molecule has 0 heterocycles. The first kappa shape index (κ1) is 14.0. The van der Waals surface area contributed by atoms with Crippen molar-refractivity contribution in [1.82, 2.24) is 5.32 Å². The van der Waals surface area contributed by atoms with Gasteiger partial charge in [-0.25, -0.2) is 0 Å². The molecule has 0 bridgehead atoms. The standard InChI is InChI=1S/C16H25NS/c1-2-12-17-16(14-8-4-3-5-9-14)13-18-15-10-6-7-11-15/h3-5,8-9,15-17H,2,6-7,10-13H2,1H3. The lowest BCUT2D eigenvalue weighted by Gasteiger charge is -2.20. The molecule has 1 aromatic rings. The summed E-state index contributed by atoms with van der Waals surface area (Å²) in [5.74, 6) is 1.22. The number of rotatable bonds is 7. The maximum Gasteiger partial charge on any atom is 0.0411 e. The summed E-state index contributed by atoms with van der Waals surface area (Å²) in [5.41, 5.74) is 1.44. The molecule has 0 amide bonds. The van der Waals surface area contributed by atoms with Crippen molar-refractivity contribution in [3.8, 4) is 0 Å². The minimum absolute atomic E-state index is 0.525. The Kier molecular flexibility index (Phi) is 6.09. The van der Waals surface area contributed by atoms with Gasteiger partial charge in [0.05, 0.1) is 0 Å². The second-order valence-electron chi connectivity index (χ2n) is 5.16. The van der Waals surface area contributed by atoms with E-state index in [0.717, 1.165) is 11.8 Å². The summed E-state index contributed by atoms with van der Waals surface area (Å²) in [6.45, 7) is 3.35. The second-order valence-corrected chi connectivity index (χ2v) is 6.49. The normalized spacial score (nSPS) is 18.1. The Labute approximate surface area is 116 Å². The van der Waals surface area contributed by atoms with Gasteiger partial charge in [0.25, 0.3) is 0 Å². The van der Waals surface area contributed by atoms with Crippen LogP contribution >= 0.6 is 11.8 Å². The van der Waals surface area contributed by atoms with Crippen LogP contribution in [0.3, 0.4) is 0 Å². The molecular weight excluding hydrogens is 238 g/mol. The Morgan fingerprint density at radius 3 is 2.61 bits per heavy atom. The van der Waals surface area contributed by atoms with Gasteiger partial charge in [-0.2, -0.15) is 11.8 Å². The monoisotopic (exact) mass is 263 g/mol. The van der Waals surface area contributed by atoms with E-state index in [1.807, 2.05) is 0 Å². The minimum atomic E-state index is 0.525. The predicted molar refractivity (Wildman–Crippen MR) is 82.2 cm³/mol. The van der Waals surface area contributed by atoms with Crippen LogP contribution in [0.4, 0.5) is 0 Å². The van der Waals surface area contributed by atoms with Crippen LogP contribution in [-0.2, 0) is 0 Å². The van der Waals surface area contributed by atoms with Crippen molar-refractivity contribution in [2.45, 2.75) is 50.3 Å². The van der Waals surface area contributed by atoms with Gasteiger partial charge in [-0.15, -0.1) is 0 Å². The first-order chi connectivity index (χ1) is 8.90. The molecule has 1 atom stereocenters. The van der Waals surface area contributed by atoms with E-state index < -0.39 is 0 Å². The van der Waals surface area contributed by atoms with Crippen LogP contribution in [0.25, 0.3) is 0 Å². The summed E-state index contributed by atoms with van der Waals surface area (Å²) in [5, 5.41) is 4.61. The average Bonchev–Trinajstić information content (AvgIpc) is 2.93. The van der Waals surface area contributed by atoms with Gasteiger partial charge in [0, 0.05) is 17.0 Å². The first-order valence-electron chi connectivity index (χ1n) is 7.30. The zero-order valence-corrected chi connectivity index (χ0v) is 12.2. The van der Waals surface area contributed by atoms with E-state index in [4.69, 9.17) is 0 Å². The summed E-state index contributed by atoms with van der Waals surface area (Å²) >= 11 is 2.17. The molecule has 1 nitrogen and oxygen atoms in total. The molecule has 100 valence electrons. The van der Waals surface area contributed by atoms with Gasteiger partial charge >= 0.3 is 0 Å². The molecule has 2 heteroatoms. The van der Waals surface area contributed by atoms with Crippen LogP contribution in [0.15, 0.2) is 30.3 Å². The fraction of sp³-hybridized carbons (Fsp3) is 0.625. The largest absolute Gasteiger partial charge is 0.309 e. The van der Waals surface area contributed by atoms with Crippen molar-refractivity contribution in [2.24, 2.45) is 0 Å². The van der Waals surface area contributed by atoms with E-state index in [9.17, 15) is 0 Å². The average molecular weight is 263 g/mol. The zero-order valence-electron chi connectivity index (χ0n) is 11.4. The SMILES string of the molecule is CCCNC(CSC1CCCC1)c1ccccc1. The van der Waals surface area contributed by atoms with Gasteiger partial charge in [0.1, 0.15) is 0 Å². The molecule has 1 fully saturated rings. The van der Waals surface area contributed by atoms with E-state index in [2.05, 4.69) is 54.3 Å². The van der Waals surface area contributed by atoms with Gasteiger partial charge in [-0.3, -0.25) is 0 Å². The Balaban J connectivity index is 1.87. The quantitative estimate of drug-likeness (QED) is 0.782. The summed E-state index contributed by atoms with van der Waals surface area (Å²) in [6.07, 6.45) is 6.95. The van der Waals surface area contributed by atoms with Gasteiger partial charge in [0.15, 0.2) is 0 Å². The number of thioether (sulfide) groups is 1. The zero-order chi connectivity index (χ0) is 12.6. The van der Waals surface area contributed by atoms with Crippen LogP contribution in [-0.4, -0.2) is 17.5 Å². The van der Waals surface area contributed by atoms with Crippen LogP contribution in [0.5, 0.6) is 0 Å². The van der Waals surface area contributed by atoms with Crippen LogP contribution in [0.1, 0.15) is 50.6 Å². The molecule has 0 saturated heterocycles. The maximum atomic E-state index is 3.69. The number of nitrogens with one attached hydrogen (secondary N) is 1. The highest BCUT2D eigenvalue weighted by atomic mass is 32.2. The van der Waals surface area contributed by atoms with Crippen molar-refractivity contribution >= 4 is 11.8 Å². The third kappa shape index (κ3) is 4.33. The van der Waals surface area contributed by atoms with Crippen molar-refractivity contribution < 1.29 is 0 Å². The van der Waals surface area contributed by atoms with Crippen LogP contribution in [0, 0.1) is 0 Å². The highest BCUT2D eigenvalue weighted by Crippen LogP contribution is 2.32. The van der Waals surface area contributed by atoms with E-state index >= 15 is 0 Å². The molecule has 2 rings (SSSR count). The maximum absolute atomic E-state index is 3.69. The highest BCUT2D eigenvalue weighted by Gasteiger charge is 2.18. The number of benzene rings is 1. The summed E-state index contributed by atoms with van der Waals surface area (Å²) in [4.78, 5) is 0. The van der Waals surface area contributed by atoms with E-state index in [1.54, 1.807) is 0 Å². The molecule has 0 aliphatic heterocycles. The number of hydrogen-bond acceptors (Lipinski definition) is 2. The third-order valence-electron chi connectivity index (χ3n) is 3.64. The topological polar surface area (TPSA) is 12.0 Å². The minimum Gasteiger partial charge on any atom is -0.309 e. The molecule has 1 saturated carbocycles. The second kappa shape index (κ2) is 7.85. The molecular formula is C16H25NS. The summed E-state index contributed by atoms with van der Waals surface area (Å²) in [7, 11) is 0. The lowest BCUT2D eigenvalue weighted by molar-refractivity contribution is 0.576. The molecule has 1 aromatic carbocycles. The van der Waals surface area contributed by atoms with Gasteiger partial charge in [0.2, 0.25) is 0 Å². The Morgan fingerprint density at radius 1 is 1.22 bits per heavy atom. The summed E-state index contributed by atoms with van der Waals surface area (Å²) < 4.78 is 0. The predicted octanol–water partition coefficient (Wildman–Crippen LogP) is 4.40. The van der Waals surface area contributed by atoms with Gasteiger partial charge < -0.3 is 5.32 Å². The number of hydrogen-bond donors (Lipinski definition) is 1. The van der Waals surface area contributed by atoms with Gasteiger partial charge in [-0.05, 0) is 31.4 Å². The Hall–Kier alpha value is -0.470. The van der Waals surface area contributed by atoms with Crippen molar-refractivity contribution in [3.63, 3.8) is 0 Å². The Bertz CT molecular complexity index is 319. The molecule has 0 spiro atoms. The van der Waals surface area contributed by atoms with Gasteiger partial charge in [-0.1, -0.05) is 50.1 Å². The van der Waals surface area contributed by atoms with Crippen molar-refractivity contribution in [1.29, 1.82) is 0 Å². The smallest absolute Gasteiger partial charge is 0.0411 e. The molecule has 1 unspecified atom stereocenters. The van der Waals surface area contributed by atoms with E-state index in [1.165, 1.54) is 43.4 Å². The summed E-state index contributed by atoms with van der Waals surface area (Å²) in [6, 6.07) is 11.4. The lowest BCUT2D eigenvalue weighted by Crippen LogP contribution is -2.24. The highest BCUT2D eigenvalue weighted by molar-refractivity contribution is 7.99. The fourth-order valence-electron chi connectivity index (χ4n) is 2.56. The molecule has 0 aromatic heterocycles.